The molecule has 1 saturated heterocycles. The molecule has 1 aromatic carbocycles. The number of rotatable bonds is 4. The van der Waals surface area contributed by atoms with Gasteiger partial charge in [0.2, 0.25) is 0 Å². The normalized spacial score (nSPS) is 23.8. The fourth-order valence-electron chi connectivity index (χ4n) is 2.53. The van der Waals surface area contributed by atoms with Crippen LogP contribution in [0, 0.1) is 11.3 Å². The molecule has 0 amide bonds. The molecule has 1 fully saturated rings. The van der Waals surface area contributed by atoms with Crippen LogP contribution in [0.1, 0.15) is 36.8 Å². The minimum absolute atomic E-state index is 0.416. The number of ether oxygens (including phenoxy) is 1. The van der Waals surface area contributed by atoms with Gasteiger partial charge in [0.1, 0.15) is 5.41 Å². The van der Waals surface area contributed by atoms with Crippen LogP contribution in [-0.4, -0.2) is 24.3 Å². The van der Waals surface area contributed by atoms with E-state index in [9.17, 15) is 10.1 Å². The van der Waals surface area contributed by atoms with E-state index in [0.717, 1.165) is 11.1 Å². The lowest BCUT2D eigenvalue weighted by atomic mass is 9.80. The van der Waals surface area contributed by atoms with Crippen LogP contribution in [0.25, 0.3) is 0 Å². The smallest absolute Gasteiger partial charge is 0.310 e. The molecule has 1 aliphatic rings. The molecule has 0 saturated carbocycles. The number of nitrogens with zero attached hydrogens (tertiary/aromatic N) is 1. The average Bonchev–Trinajstić information content (AvgIpc) is 2.90. The van der Waals surface area contributed by atoms with Crippen molar-refractivity contribution in [3.63, 3.8) is 0 Å². The quantitative estimate of drug-likeness (QED) is 0.901. The van der Waals surface area contributed by atoms with Crippen LogP contribution in [0.5, 0.6) is 0 Å². The monoisotopic (exact) mass is 259 g/mol. The van der Waals surface area contributed by atoms with E-state index in [-0.39, 0.29) is 0 Å². The minimum Gasteiger partial charge on any atom is -0.481 e. The molecule has 2 rings (SSSR count). The van der Waals surface area contributed by atoms with E-state index < -0.39 is 17.3 Å². The lowest BCUT2D eigenvalue weighted by Crippen LogP contribution is -2.24. The molecule has 0 spiro atoms. The fraction of sp³-hybridized carbons (Fsp3) is 0.467. The number of carbonyl (C=O) groups is 1. The van der Waals surface area contributed by atoms with Crippen molar-refractivity contribution >= 4 is 5.97 Å². The second-order valence-corrected chi connectivity index (χ2v) is 4.92. The second-order valence-electron chi connectivity index (χ2n) is 4.92. The summed E-state index contributed by atoms with van der Waals surface area (Å²) in [5.74, 6) is -1.29. The van der Waals surface area contributed by atoms with Crippen molar-refractivity contribution in [2.75, 3.05) is 13.2 Å². The number of benzene rings is 1. The van der Waals surface area contributed by atoms with Crippen LogP contribution in [0.2, 0.25) is 0 Å². The van der Waals surface area contributed by atoms with E-state index in [0.29, 0.717) is 26.1 Å². The van der Waals surface area contributed by atoms with E-state index in [1.165, 1.54) is 0 Å². The molecule has 19 heavy (non-hydrogen) atoms. The molecule has 4 nitrogen and oxygen atoms in total. The highest BCUT2D eigenvalue weighted by atomic mass is 16.5. The zero-order valence-corrected chi connectivity index (χ0v) is 10.9. The molecule has 0 bridgehead atoms. The zero-order chi connectivity index (χ0) is 13.9. The number of hydrogen-bond donors (Lipinski definition) is 1. The standard InChI is InChI=1S/C15H17NO3/c1-2-13(14(17)18)11-3-5-12(6-4-11)15(9-16)7-8-19-10-15/h3-6,13H,2,7-8,10H2,1H3,(H,17,18). The number of hydrogen-bond acceptors (Lipinski definition) is 3. The van der Waals surface area contributed by atoms with E-state index >= 15 is 0 Å². The summed E-state index contributed by atoms with van der Waals surface area (Å²) in [5, 5.41) is 18.5. The molecule has 2 atom stereocenters. The minimum atomic E-state index is -0.811. The van der Waals surface area contributed by atoms with E-state index in [1.54, 1.807) is 0 Å². The summed E-state index contributed by atoms with van der Waals surface area (Å²) >= 11 is 0. The van der Waals surface area contributed by atoms with Crippen LogP contribution < -0.4 is 0 Å². The molecule has 0 radical (unpaired) electrons. The third kappa shape index (κ3) is 2.47. The van der Waals surface area contributed by atoms with Gasteiger partial charge in [-0.15, -0.1) is 0 Å². The van der Waals surface area contributed by atoms with Crippen molar-refractivity contribution in [3.05, 3.63) is 35.4 Å². The Hall–Kier alpha value is -1.86. The maximum Gasteiger partial charge on any atom is 0.310 e. The van der Waals surface area contributed by atoms with Crippen LogP contribution in [0.15, 0.2) is 24.3 Å². The number of aliphatic carboxylic acids is 1. The lowest BCUT2D eigenvalue weighted by molar-refractivity contribution is -0.138. The van der Waals surface area contributed by atoms with Gasteiger partial charge in [0.05, 0.1) is 18.6 Å². The van der Waals surface area contributed by atoms with Crippen LogP contribution in [0.4, 0.5) is 0 Å². The molecule has 2 unspecified atom stereocenters. The highest BCUT2D eigenvalue weighted by molar-refractivity contribution is 5.76. The Balaban J connectivity index is 2.28. The second kappa shape index (κ2) is 5.41. The first-order chi connectivity index (χ1) is 9.13. The first-order valence-corrected chi connectivity index (χ1v) is 6.45. The van der Waals surface area contributed by atoms with Crippen molar-refractivity contribution in [1.82, 2.24) is 0 Å². The van der Waals surface area contributed by atoms with Crippen LogP contribution in [-0.2, 0) is 14.9 Å². The van der Waals surface area contributed by atoms with Crippen molar-refractivity contribution in [3.8, 4) is 6.07 Å². The Bertz CT molecular complexity index is 495. The maximum absolute atomic E-state index is 11.1. The molecule has 4 heteroatoms. The third-order valence-electron chi connectivity index (χ3n) is 3.81. The van der Waals surface area contributed by atoms with Gasteiger partial charge in [-0.05, 0) is 24.0 Å². The molecule has 1 N–H and O–H groups in total. The number of nitriles is 1. The highest BCUT2D eigenvalue weighted by Gasteiger charge is 2.37. The predicted octanol–water partition coefficient (Wildman–Crippen LogP) is 2.45. The molecular formula is C15H17NO3. The lowest BCUT2D eigenvalue weighted by Gasteiger charge is -2.20. The zero-order valence-electron chi connectivity index (χ0n) is 10.9. The fourth-order valence-corrected chi connectivity index (χ4v) is 2.53. The van der Waals surface area contributed by atoms with Gasteiger partial charge in [-0.1, -0.05) is 31.2 Å². The van der Waals surface area contributed by atoms with Gasteiger partial charge in [0.25, 0.3) is 0 Å². The number of carboxylic acids is 1. The Morgan fingerprint density at radius 2 is 2.21 bits per heavy atom. The van der Waals surface area contributed by atoms with E-state index in [2.05, 4.69) is 6.07 Å². The molecular weight excluding hydrogens is 242 g/mol. The molecule has 100 valence electrons. The summed E-state index contributed by atoms with van der Waals surface area (Å²) < 4.78 is 5.33. The highest BCUT2D eigenvalue weighted by Crippen LogP contribution is 2.33. The van der Waals surface area contributed by atoms with Crippen LogP contribution >= 0.6 is 0 Å². The van der Waals surface area contributed by atoms with Gasteiger partial charge < -0.3 is 9.84 Å². The molecule has 0 aliphatic carbocycles. The molecule has 1 aromatic rings. The van der Waals surface area contributed by atoms with Gasteiger partial charge in [-0.25, -0.2) is 0 Å². The van der Waals surface area contributed by atoms with Crippen molar-refractivity contribution in [2.24, 2.45) is 0 Å². The Morgan fingerprint density at radius 1 is 1.53 bits per heavy atom. The summed E-state index contributed by atoms with van der Waals surface area (Å²) in [6.07, 6.45) is 1.25. The van der Waals surface area contributed by atoms with E-state index in [4.69, 9.17) is 9.84 Å². The topological polar surface area (TPSA) is 70.3 Å². The largest absolute Gasteiger partial charge is 0.481 e. The van der Waals surface area contributed by atoms with Gasteiger partial charge in [-0.2, -0.15) is 5.26 Å². The Labute approximate surface area is 112 Å². The summed E-state index contributed by atoms with van der Waals surface area (Å²) in [6.45, 7) is 2.87. The summed E-state index contributed by atoms with van der Waals surface area (Å²) in [4.78, 5) is 11.1. The molecule has 0 aromatic heterocycles. The van der Waals surface area contributed by atoms with Crippen molar-refractivity contribution in [2.45, 2.75) is 31.1 Å². The Kier molecular flexibility index (Phi) is 3.87. The predicted molar refractivity (Wildman–Crippen MR) is 69.8 cm³/mol. The van der Waals surface area contributed by atoms with Crippen molar-refractivity contribution in [1.29, 1.82) is 5.26 Å². The summed E-state index contributed by atoms with van der Waals surface area (Å²) in [7, 11) is 0. The third-order valence-corrected chi connectivity index (χ3v) is 3.81. The van der Waals surface area contributed by atoms with Gasteiger partial charge in [0.15, 0.2) is 0 Å². The van der Waals surface area contributed by atoms with Gasteiger partial charge >= 0.3 is 5.97 Å². The Morgan fingerprint density at radius 3 is 2.63 bits per heavy atom. The van der Waals surface area contributed by atoms with Crippen LogP contribution in [0.3, 0.4) is 0 Å². The summed E-state index contributed by atoms with van der Waals surface area (Å²) in [5.41, 5.74) is 1.13. The average molecular weight is 259 g/mol. The van der Waals surface area contributed by atoms with Gasteiger partial charge in [-0.3, -0.25) is 4.79 Å². The van der Waals surface area contributed by atoms with Gasteiger partial charge in [0, 0.05) is 6.61 Å². The summed E-state index contributed by atoms with van der Waals surface area (Å²) in [6, 6.07) is 9.69. The molecule has 1 heterocycles. The first kappa shape index (κ1) is 13.6. The first-order valence-electron chi connectivity index (χ1n) is 6.45. The maximum atomic E-state index is 11.1. The van der Waals surface area contributed by atoms with Crippen molar-refractivity contribution < 1.29 is 14.6 Å². The molecule has 1 aliphatic heterocycles. The number of carboxylic acid groups (broad SMARTS) is 1. The SMILES string of the molecule is CCC(C(=O)O)c1ccc(C2(C#N)CCOC2)cc1. The van der Waals surface area contributed by atoms with E-state index in [1.807, 2.05) is 31.2 Å².